The predicted molar refractivity (Wildman–Crippen MR) is 110 cm³/mol. The van der Waals surface area contributed by atoms with Crippen LogP contribution in [0.15, 0.2) is 67.0 Å². The fourth-order valence-electron chi connectivity index (χ4n) is 3.00. The minimum absolute atomic E-state index is 0.623. The molecule has 0 fully saturated rings. The van der Waals surface area contributed by atoms with Crippen LogP contribution in [0.25, 0.3) is 22.3 Å². The molecule has 0 radical (unpaired) electrons. The fraction of sp³-hybridized carbons (Fsp3) is 0.136. The average molecular weight is 372 g/mol. The van der Waals surface area contributed by atoms with Gasteiger partial charge in [-0.05, 0) is 23.8 Å². The SMILES string of the molecule is COc1cc2nc(-c3ccncc3)nc(NCc3ccccc3)c2cc1OC. The molecule has 0 atom stereocenters. The van der Waals surface area contributed by atoms with Gasteiger partial charge in [0.25, 0.3) is 0 Å². The summed E-state index contributed by atoms with van der Waals surface area (Å²) in [6.07, 6.45) is 3.46. The Kier molecular flexibility index (Phi) is 5.01. The summed E-state index contributed by atoms with van der Waals surface area (Å²) in [6.45, 7) is 0.650. The fourth-order valence-corrected chi connectivity index (χ4v) is 3.00. The Morgan fingerprint density at radius 2 is 1.57 bits per heavy atom. The Hall–Kier alpha value is -3.67. The lowest BCUT2D eigenvalue weighted by Gasteiger charge is -2.14. The van der Waals surface area contributed by atoms with Gasteiger partial charge in [0, 0.05) is 36.0 Å². The van der Waals surface area contributed by atoms with Gasteiger partial charge in [0.05, 0.1) is 19.7 Å². The van der Waals surface area contributed by atoms with Crippen LogP contribution in [0.3, 0.4) is 0 Å². The van der Waals surface area contributed by atoms with Gasteiger partial charge in [0.1, 0.15) is 5.82 Å². The van der Waals surface area contributed by atoms with Gasteiger partial charge in [-0.3, -0.25) is 4.98 Å². The lowest BCUT2D eigenvalue weighted by atomic mass is 10.1. The summed E-state index contributed by atoms with van der Waals surface area (Å²) in [5.41, 5.74) is 2.84. The van der Waals surface area contributed by atoms with E-state index in [1.165, 1.54) is 5.56 Å². The molecule has 2 aromatic heterocycles. The Labute approximate surface area is 163 Å². The van der Waals surface area contributed by atoms with E-state index in [0.717, 1.165) is 22.3 Å². The van der Waals surface area contributed by atoms with Crippen LogP contribution in [-0.4, -0.2) is 29.2 Å². The molecule has 4 aromatic rings. The number of benzene rings is 2. The molecular weight excluding hydrogens is 352 g/mol. The van der Waals surface area contributed by atoms with E-state index in [0.29, 0.717) is 23.9 Å². The van der Waals surface area contributed by atoms with Gasteiger partial charge in [-0.1, -0.05) is 30.3 Å². The summed E-state index contributed by atoms with van der Waals surface area (Å²) in [4.78, 5) is 13.6. The third-order valence-corrected chi connectivity index (χ3v) is 4.44. The van der Waals surface area contributed by atoms with E-state index >= 15 is 0 Å². The van der Waals surface area contributed by atoms with Crippen LogP contribution in [-0.2, 0) is 6.54 Å². The first-order chi connectivity index (χ1) is 13.8. The number of methoxy groups -OCH3 is 2. The molecule has 0 aliphatic rings. The summed E-state index contributed by atoms with van der Waals surface area (Å²) >= 11 is 0. The number of fused-ring (bicyclic) bond motifs is 1. The molecule has 0 saturated heterocycles. The zero-order chi connectivity index (χ0) is 19.3. The van der Waals surface area contributed by atoms with E-state index < -0.39 is 0 Å². The lowest BCUT2D eigenvalue weighted by molar-refractivity contribution is 0.356. The number of pyridine rings is 1. The maximum atomic E-state index is 5.46. The van der Waals surface area contributed by atoms with E-state index in [9.17, 15) is 0 Å². The molecule has 2 aromatic carbocycles. The summed E-state index contributed by atoms with van der Waals surface area (Å²) in [7, 11) is 3.23. The molecule has 0 amide bonds. The first-order valence-electron chi connectivity index (χ1n) is 8.90. The first-order valence-corrected chi connectivity index (χ1v) is 8.90. The van der Waals surface area contributed by atoms with Crippen molar-refractivity contribution < 1.29 is 9.47 Å². The van der Waals surface area contributed by atoms with Crippen LogP contribution in [0.5, 0.6) is 11.5 Å². The lowest BCUT2D eigenvalue weighted by Crippen LogP contribution is -2.05. The topological polar surface area (TPSA) is 69.2 Å². The van der Waals surface area contributed by atoms with Gasteiger partial charge in [-0.15, -0.1) is 0 Å². The van der Waals surface area contributed by atoms with Gasteiger partial charge >= 0.3 is 0 Å². The summed E-state index contributed by atoms with van der Waals surface area (Å²) in [5, 5.41) is 4.31. The van der Waals surface area contributed by atoms with Gasteiger partial charge in [-0.2, -0.15) is 0 Å². The molecule has 2 heterocycles. The van der Waals surface area contributed by atoms with E-state index in [-0.39, 0.29) is 0 Å². The third-order valence-electron chi connectivity index (χ3n) is 4.44. The van der Waals surface area contributed by atoms with Crippen molar-refractivity contribution in [2.75, 3.05) is 19.5 Å². The molecule has 6 heteroatoms. The monoisotopic (exact) mass is 372 g/mol. The van der Waals surface area contributed by atoms with Crippen molar-refractivity contribution in [1.82, 2.24) is 15.0 Å². The van der Waals surface area contributed by atoms with Gasteiger partial charge in [0.15, 0.2) is 17.3 Å². The van der Waals surface area contributed by atoms with Crippen molar-refractivity contribution in [3.05, 3.63) is 72.6 Å². The van der Waals surface area contributed by atoms with Gasteiger partial charge in [0.2, 0.25) is 0 Å². The molecule has 1 N–H and O–H groups in total. The Morgan fingerprint density at radius 1 is 0.857 bits per heavy atom. The molecule has 0 aliphatic carbocycles. The summed E-state index contributed by atoms with van der Waals surface area (Å²) < 4.78 is 10.9. The van der Waals surface area contributed by atoms with Crippen molar-refractivity contribution in [3.8, 4) is 22.9 Å². The summed E-state index contributed by atoms with van der Waals surface area (Å²) in [5.74, 6) is 2.63. The third kappa shape index (κ3) is 3.57. The van der Waals surface area contributed by atoms with Crippen molar-refractivity contribution in [1.29, 1.82) is 0 Å². The maximum absolute atomic E-state index is 5.46. The molecule has 0 aliphatic heterocycles. The van der Waals surface area contributed by atoms with E-state index in [4.69, 9.17) is 19.4 Å². The second-order valence-corrected chi connectivity index (χ2v) is 6.20. The highest BCUT2D eigenvalue weighted by Crippen LogP contribution is 2.35. The Bertz CT molecular complexity index is 1090. The zero-order valence-corrected chi connectivity index (χ0v) is 15.7. The van der Waals surface area contributed by atoms with Crippen LogP contribution in [0, 0.1) is 0 Å². The molecule has 140 valence electrons. The van der Waals surface area contributed by atoms with E-state index in [1.807, 2.05) is 42.5 Å². The summed E-state index contributed by atoms with van der Waals surface area (Å²) in [6, 6.07) is 17.7. The second kappa shape index (κ2) is 7.92. The molecule has 28 heavy (non-hydrogen) atoms. The molecule has 4 rings (SSSR count). The van der Waals surface area contributed by atoms with Crippen molar-refractivity contribution in [2.45, 2.75) is 6.54 Å². The average Bonchev–Trinajstić information content (AvgIpc) is 2.77. The van der Waals surface area contributed by atoms with Crippen molar-refractivity contribution >= 4 is 16.7 Å². The van der Waals surface area contributed by atoms with Crippen LogP contribution >= 0.6 is 0 Å². The normalized spacial score (nSPS) is 10.6. The van der Waals surface area contributed by atoms with E-state index in [2.05, 4.69) is 22.4 Å². The highest BCUT2D eigenvalue weighted by molar-refractivity contribution is 5.93. The smallest absolute Gasteiger partial charge is 0.162 e. The minimum atomic E-state index is 0.623. The number of nitrogens with zero attached hydrogens (tertiary/aromatic N) is 3. The molecule has 0 saturated carbocycles. The maximum Gasteiger partial charge on any atom is 0.162 e. The zero-order valence-electron chi connectivity index (χ0n) is 15.7. The van der Waals surface area contributed by atoms with Crippen molar-refractivity contribution in [2.24, 2.45) is 0 Å². The number of rotatable bonds is 6. The quantitative estimate of drug-likeness (QED) is 0.544. The van der Waals surface area contributed by atoms with Crippen LogP contribution in [0.1, 0.15) is 5.56 Å². The molecule has 0 bridgehead atoms. The predicted octanol–water partition coefficient (Wildman–Crippen LogP) is 4.32. The van der Waals surface area contributed by atoms with Crippen LogP contribution in [0.2, 0.25) is 0 Å². The number of hydrogen-bond donors (Lipinski definition) is 1. The van der Waals surface area contributed by atoms with E-state index in [1.54, 1.807) is 26.6 Å². The van der Waals surface area contributed by atoms with Gasteiger partial charge in [-0.25, -0.2) is 9.97 Å². The van der Waals surface area contributed by atoms with Gasteiger partial charge < -0.3 is 14.8 Å². The highest BCUT2D eigenvalue weighted by Gasteiger charge is 2.14. The minimum Gasteiger partial charge on any atom is -0.493 e. The second-order valence-electron chi connectivity index (χ2n) is 6.20. The van der Waals surface area contributed by atoms with Crippen LogP contribution in [0.4, 0.5) is 5.82 Å². The number of hydrogen-bond acceptors (Lipinski definition) is 6. The standard InChI is InChI=1S/C22H20N4O2/c1-27-19-12-17-18(13-20(19)28-2)25-21(16-8-10-23-11-9-16)26-22(17)24-14-15-6-4-3-5-7-15/h3-13H,14H2,1-2H3,(H,24,25,26). The Morgan fingerprint density at radius 3 is 2.29 bits per heavy atom. The molecule has 6 nitrogen and oxygen atoms in total. The number of nitrogens with one attached hydrogen (secondary N) is 1. The van der Waals surface area contributed by atoms with Crippen LogP contribution < -0.4 is 14.8 Å². The number of ether oxygens (including phenoxy) is 2. The largest absolute Gasteiger partial charge is 0.493 e. The number of anilines is 1. The first kappa shape index (κ1) is 17.7. The molecule has 0 unspecified atom stereocenters. The number of aromatic nitrogens is 3. The highest BCUT2D eigenvalue weighted by atomic mass is 16.5. The molecule has 0 spiro atoms. The Balaban J connectivity index is 1.83. The van der Waals surface area contributed by atoms with Crippen molar-refractivity contribution in [3.63, 3.8) is 0 Å². The molecular formula is C22H20N4O2.